The lowest BCUT2D eigenvalue weighted by atomic mass is 10.1. The van der Waals surface area contributed by atoms with Crippen LogP contribution in [0.5, 0.6) is 0 Å². The van der Waals surface area contributed by atoms with Gasteiger partial charge in [0, 0.05) is 19.6 Å². The van der Waals surface area contributed by atoms with Crippen molar-refractivity contribution in [2.45, 2.75) is 39.3 Å². The summed E-state index contributed by atoms with van der Waals surface area (Å²) in [4.78, 5) is 26.6. The number of hydrogen-bond acceptors (Lipinski definition) is 3. The fourth-order valence-corrected chi connectivity index (χ4v) is 2.10. The van der Waals surface area contributed by atoms with E-state index in [2.05, 4.69) is 13.8 Å². The fraction of sp³-hybridized carbons (Fsp3) is 0.846. The van der Waals surface area contributed by atoms with Gasteiger partial charge in [-0.1, -0.05) is 13.8 Å². The number of nitrogens with zero attached hydrogens (tertiary/aromatic N) is 2. The van der Waals surface area contributed by atoms with Crippen molar-refractivity contribution in [2.24, 2.45) is 5.92 Å². The Balaban J connectivity index is 2.73. The number of carboxylic acid groups (broad SMARTS) is 1. The van der Waals surface area contributed by atoms with E-state index < -0.39 is 5.97 Å². The zero-order valence-electron chi connectivity index (χ0n) is 12.1. The molecule has 1 fully saturated rings. The quantitative estimate of drug-likeness (QED) is 0.836. The second kappa shape index (κ2) is 6.75. The Morgan fingerprint density at radius 1 is 1.42 bits per heavy atom. The van der Waals surface area contributed by atoms with Crippen LogP contribution >= 0.6 is 0 Å². The van der Waals surface area contributed by atoms with Gasteiger partial charge in [0.1, 0.15) is 0 Å². The number of rotatable bonds is 4. The van der Waals surface area contributed by atoms with Crippen molar-refractivity contribution in [1.29, 1.82) is 0 Å². The lowest BCUT2D eigenvalue weighted by Crippen LogP contribution is -2.55. The highest BCUT2D eigenvalue weighted by molar-refractivity contribution is 5.76. The van der Waals surface area contributed by atoms with E-state index in [1.165, 1.54) is 0 Å². The van der Waals surface area contributed by atoms with E-state index in [1.807, 2.05) is 6.92 Å². The molecule has 1 heterocycles. The predicted octanol–water partition coefficient (Wildman–Crippen LogP) is 1.26. The van der Waals surface area contributed by atoms with Crippen molar-refractivity contribution in [3.8, 4) is 0 Å². The first-order valence-electron chi connectivity index (χ1n) is 6.67. The maximum Gasteiger partial charge on any atom is 0.320 e. The van der Waals surface area contributed by atoms with Crippen molar-refractivity contribution in [1.82, 2.24) is 9.80 Å². The molecule has 110 valence electrons. The molecular weight excluding hydrogens is 248 g/mol. The van der Waals surface area contributed by atoms with Crippen molar-refractivity contribution in [3.05, 3.63) is 0 Å². The minimum Gasteiger partial charge on any atom is -0.481 e. The van der Waals surface area contributed by atoms with Crippen LogP contribution in [0.3, 0.4) is 0 Å². The summed E-state index contributed by atoms with van der Waals surface area (Å²) >= 11 is 0. The van der Waals surface area contributed by atoms with Crippen LogP contribution in [0, 0.1) is 5.92 Å². The number of carbonyl (C=O) groups excluding carboxylic acids is 1. The maximum atomic E-state index is 12.4. The Bertz CT molecular complexity index is 333. The molecule has 0 bridgehead atoms. The van der Waals surface area contributed by atoms with Gasteiger partial charge in [0.25, 0.3) is 0 Å². The number of amides is 2. The Labute approximate surface area is 114 Å². The third kappa shape index (κ3) is 4.09. The molecule has 1 rings (SSSR count). The molecule has 6 nitrogen and oxygen atoms in total. The molecule has 2 amide bonds. The van der Waals surface area contributed by atoms with Crippen molar-refractivity contribution >= 4 is 12.0 Å². The third-order valence-corrected chi connectivity index (χ3v) is 3.76. The number of carbonyl (C=O) groups is 2. The number of aliphatic carboxylic acids is 1. The van der Waals surface area contributed by atoms with Gasteiger partial charge in [0.05, 0.1) is 25.7 Å². The minimum absolute atomic E-state index is 0.0738. The normalized spacial score (nSPS) is 21.3. The van der Waals surface area contributed by atoms with Crippen LogP contribution in [0.2, 0.25) is 0 Å². The van der Waals surface area contributed by atoms with Crippen molar-refractivity contribution < 1.29 is 19.4 Å². The molecule has 1 N–H and O–H groups in total. The summed E-state index contributed by atoms with van der Waals surface area (Å²) < 4.78 is 5.28. The molecule has 1 saturated heterocycles. The molecule has 0 saturated carbocycles. The number of carboxylic acids is 1. The zero-order chi connectivity index (χ0) is 14.6. The van der Waals surface area contributed by atoms with Gasteiger partial charge in [-0.25, -0.2) is 4.79 Å². The Kier molecular flexibility index (Phi) is 5.60. The lowest BCUT2D eigenvalue weighted by Gasteiger charge is -2.39. The van der Waals surface area contributed by atoms with Gasteiger partial charge in [-0.15, -0.1) is 0 Å². The summed E-state index contributed by atoms with van der Waals surface area (Å²) in [6.45, 7) is 7.32. The van der Waals surface area contributed by atoms with Gasteiger partial charge < -0.3 is 19.6 Å². The molecule has 6 heteroatoms. The Morgan fingerprint density at radius 2 is 2.05 bits per heavy atom. The molecule has 0 spiro atoms. The maximum absolute atomic E-state index is 12.4. The SMILES string of the molecule is CC(C)C(C)N(C)C(=O)N1CCOCC1CC(=O)O. The van der Waals surface area contributed by atoms with Crippen LogP contribution in [-0.2, 0) is 9.53 Å². The first-order valence-corrected chi connectivity index (χ1v) is 6.67. The van der Waals surface area contributed by atoms with Gasteiger partial charge in [-0.2, -0.15) is 0 Å². The van der Waals surface area contributed by atoms with Gasteiger partial charge in [0.15, 0.2) is 0 Å². The van der Waals surface area contributed by atoms with Crippen LogP contribution < -0.4 is 0 Å². The van der Waals surface area contributed by atoms with Gasteiger partial charge in [-0.3, -0.25) is 4.79 Å². The molecule has 0 radical (unpaired) electrons. The average molecular weight is 272 g/mol. The summed E-state index contributed by atoms with van der Waals surface area (Å²) in [7, 11) is 1.76. The molecule has 2 atom stereocenters. The summed E-state index contributed by atoms with van der Waals surface area (Å²) in [6.07, 6.45) is -0.0738. The highest BCUT2D eigenvalue weighted by Crippen LogP contribution is 2.16. The highest BCUT2D eigenvalue weighted by atomic mass is 16.5. The Hall–Kier alpha value is -1.30. The summed E-state index contributed by atoms with van der Waals surface area (Å²) in [5.41, 5.74) is 0. The van der Waals surface area contributed by atoms with E-state index >= 15 is 0 Å². The number of urea groups is 1. The van der Waals surface area contributed by atoms with E-state index in [0.717, 1.165) is 0 Å². The molecule has 1 aliphatic rings. The molecule has 1 aliphatic heterocycles. The largest absolute Gasteiger partial charge is 0.481 e. The van der Waals surface area contributed by atoms with Gasteiger partial charge in [-0.05, 0) is 12.8 Å². The monoisotopic (exact) mass is 272 g/mol. The van der Waals surface area contributed by atoms with E-state index in [9.17, 15) is 9.59 Å². The average Bonchev–Trinajstić information content (AvgIpc) is 2.36. The second-order valence-corrected chi connectivity index (χ2v) is 5.40. The van der Waals surface area contributed by atoms with E-state index in [1.54, 1.807) is 16.8 Å². The van der Waals surface area contributed by atoms with Crippen LogP contribution in [-0.4, -0.2) is 65.8 Å². The third-order valence-electron chi connectivity index (χ3n) is 3.76. The van der Waals surface area contributed by atoms with E-state index in [-0.39, 0.29) is 24.5 Å². The number of morpholine rings is 1. The molecular formula is C13H24N2O4. The van der Waals surface area contributed by atoms with E-state index in [4.69, 9.17) is 9.84 Å². The smallest absolute Gasteiger partial charge is 0.320 e. The van der Waals surface area contributed by atoms with Crippen molar-refractivity contribution in [2.75, 3.05) is 26.8 Å². The molecule has 0 aliphatic carbocycles. The van der Waals surface area contributed by atoms with Crippen LogP contribution in [0.4, 0.5) is 4.79 Å². The Morgan fingerprint density at radius 3 is 2.58 bits per heavy atom. The van der Waals surface area contributed by atoms with Crippen molar-refractivity contribution in [3.63, 3.8) is 0 Å². The fourth-order valence-electron chi connectivity index (χ4n) is 2.10. The molecule has 0 aromatic carbocycles. The molecule has 0 aromatic heterocycles. The molecule has 2 unspecified atom stereocenters. The topological polar surface area (TPSA) is 70.1 Å². The summed E-state index contributed by atoms with van der Waals surface area (Å²) in [6, 6.07) is -0.378. The first kappa shape index (κ1) is 15.8. The van der Waals surface area contributed by atoms with Crippen LogP contribution in [0.15, 0.2) is 0 Å². The van der Waals surface area contributed by atoms with E-state index in [0.29, 0.717) is 25.7 Å². The van der Waals surface area contributed by atoms with Crippen LogP contribution in [0.25, 0.3) is 0 Å². The van der Waals surface area contributed by atoms with Gasteiger partial charge in [0.2, 0.25) is 0 Å². The standard InChI is InChI=1S/C13H24N2O4/c1-9(2)10(3)14(4)13(18)15-5-6-19-8-11(15)7-12(16)17/h9-11H,5-8H2,1-4H3,(H,16,17). The highest BCUT2D eigenvalue weighted by Gasteiger charge is 2.32. The lowest BCUT2D eigenvalue weighted by molar-refractivity contribution is -0.139. The number of hydrogen-bond donors (Lipinski definition) is 1. The molecule has 0 aromatic rings. The summed E-state index contributed by atoms with van der Waals surface area (Å²) in [5.74, 6) is -0.555. The predicted molar refractivity (Wildman–Crippen MR) is 71.0 cm³/mol. The molecule has 19 heavy (non-hydrogen) atoms. The minimum atomic E-state index is -0.909. The van der Waals surface area contributed by atoms with Crippen LogP contribution in [0.1, 0.15) is 27.2 Å². The summed E-state index contributed by atoms with van der Waals surface area (Å²) in [5, 5.41) is 8.89. The number of ether oxygens (including phenoxy) is 1. The second-order valence-electron chi connectivity index (χ2n) is 5.40. The zero-order valence-corrected chi connectivity index (χ0v) is 12.1. The first-order chi connectivity index (χ1) is 8.84. The van der Waals surface area contributed by atoms with Gasteiger partial charge >= 0.3 is 12.0 Å².